The number of aromatic amines is 1. The Morgan fingerprint density at radius 2 is 1.81 bits per heavy atom. The van der Waals surface area contributed by atoms with E-state index in [4.69, 9.17) is 9.26 Å². The molecule has 4 heterocycles. The minimum atomic E-state index is -0.783. The molecule has 0 spiro atoms. The van der Waals surface area contributed by atoms with Crippen LogP contribution >= 0.6 is 0 Å². The number of rotatable bonds is 7. The van der Waals surface area contributed by atoms with Crippen molar-refractivity contribution in [1.82, 2.24) is 29.3 Å². The van der Waals surface area contributed by atoms with Crippen molar-refractivity contribution in [3.63, 3.8) is 0 Å². The third-order valence-corrected chi connectivity index (χ3v) is 7.87. The number of hydrogen-bond donors (Lipinski definition) is 1. The largest absolute Gasteiger partial charge is 0.439 e. The lowest BCUT2D eigenvalue weighted by Gasteiger charge is -2.33. The van der Waals surface area contributed by atoms with E-state index in [-0.39, 0.29) is 41.6 Å². The average Bonchev–Trinajstić information content (AvgIpc) is 3.56. The lowest BCUT2D eigenvalue weighted by Crippen LogP contribution is -2.38. The summed E-state index contributed by atoms with van der Waals surface area (Å²) in [4.78, 5) is 33.4. The summed E-state index contributed by atoms with van der Waals surface area (Å²) < 4.78 is 30.7. The van der Waals surface area contributed by atoms with E-state index in [9.17, 15) is 9.59 Å². The van der Waals surface area contributed by atoms with Gasteiger partial charge in [-0.25, -0.2) is 13.7 Å². The number of hydrogen-bond acceptors (Lipinski definition) is 7. The van der Waals surface area contributed by atoms with Crippen molar-refractivity contribution in [2.75, 3.05) is 0 Å². The highest BCUT2D eigenvalue weighted by molar-refractivity contribution is 5.81. The predicted molar refractivity (Wildman–Crippen MR) is 155 cm³/mol. The van der Waals surface area contributed by atoms with Gasteiger partial charge in [-0.05, 0) is 56.7 Å². The number of nitrogens with zero attached hydrogens (tertiary/aromatic N) is 5. The Hall–Kier alpha value is -4.38. The fraction of sp³-hybridized carbons (Fsp3) is 0.387. The van der Waals surface area contributed by atoms with Crippen LogP contribution in [0.3, 0.4) is 0 Å². The number of aryl methyl sites for hydroxylation is 2. The van der Waals surface area contributed by atoms with E-state index < -0.39 is 11.6 Å². The van der Waals surface area contributed by atoms with Crippen LogP contribution in [0.5, 0.6) is 0 Å². The van der Waals surface area contributed by atoms with E-state index >= 15 is 4.39 Å². The van der Waals surface area contributed by atoms with E-state index in [1.807, 2.05) is 51.1 Å². The van der Waals surface area contributed by atoms with Gasteiger partial charge in [0.2, 0.25) is 5.78 Å². The Labute approximate surface area is 241 Å². The Morgan fingerprint density at radius 3 is 2.48 bits per heavy atom. The van der Waals surface area contributed by atoms with Gasteiger partial charge in [-0.3, -0.25) is 18.9 Å². The zero-order chi connectivity index (χ0) is 29.5. The first-order chi connectivity index (χ1) is 20.2. The molecule has 0 radical (unpaired) electrons. The Bertz CT molecular complexity index is 1860. The smallest absolute Gasteiger partial charge is 0.375 e. The molecule has 42 heavy (non-hydrogen) atoms. The molecule has 5 aromatic rings. The summed E-state index contributed by atoms with van der Waals surface area (Å²) in [5.74, 6) is -0.332. The second-order valence-electron chi connectivity index (χ2n) is 11.1. The van der Waals surface area contributed by atoms with E-state index in [1.54, 1.807) is 28.1 Å². The van der Waals surface area contributed by atoms with Crippen molar-refractivity contribution in [2.45, 2.75) is 78.0 Å². The number of ether oxygens (including phenoxy) is 1. The summed E-state index contributed by atoms with van der Waals surface area (Å²) in [6.07, 6.45) is 2.61. The summed E-state index contributed by atoms with van der Waals surface area (Å²) in [6.45, 7) is 7.85. The number of fused-ring (bicyclic) bond motifs is 1. The standard InChI is InChI=1S/C31H33FN6O4/c1-5-9-25-24(29(39)37(30-33-19(4)35-38(25)30)22-14-17(2)41-18(3)15-22)16-21-12-13-23(20-10-7-6-8-11-20)26(27(21)32)28-34-31(40)42-36-28/h6-8,10-13,17-18,22H,5,9,14-16H2,1-4H3,(H,34,36,40). The van der Waals surface area contributed by atoms with E-state index in [0.717, 1.165) is 12.0 Å². The molecule has 2 aromatic carbocycles. The number of nitrogens with one attached hydrogen (secondary N) is 1. The van der Waals surface area contributed by atoms with Gasteiger partial charge in [0.05, 0.1) is 23.5 Å². The molecule has 3 aromatic heterocycles. The van der Waals surface area contributed by atoms with Crippen LogP contribution in [0, 0.1) is 12.7 Å². The van der Waals surface area contributed by atoms with Crippen LogP contribution in [0.1, 0.15) is 68.7 Å². The van der Waals surface area contributed by atoms with Crippen molar-refractivity contribution in [2.24, 2.45) is 0 Å². The molecule has 10 nitrogen and oxygen atoms in total. The number of aromatic nitrogens is 6. The summed E-state index contributed by atoms with van der Waals surface area (Å²) in [5, 5.41) is 8.47. The van der Waals surface area contributed by atoms with Crippen molar-refractivity contribution in [3.05, 3.63) is 91.8 Å². The maximum Gasteiger partial charge on any atom is 0.439 e. The molecule has 2 unspecified atom stereocenters. The molecule has 1 aliphatic rings. The highest BCUT2D eigenvalue weighted by atomic mass is 19.1. The van der Waals surface area contributed by atoms with Crippen LogP contribution in [0.25, 0.3) is 28.3 Å². The van der Waals surface area contributed by atoms with Crippen molar-refractivity contribution < 1.29 is 13.7 Å². The molecule has 218 valence electrons. The lowest BCUT2D eigenvalue weighted by atomic mass is 9.93. The summed E-state index contributed by atoms with van der Waals surface area (Å²) in [5.41, 5.74) is 2.66. The first kappa shape index (κ1) is 27.8. The second kappa shape index (κ2) is 11.1. The van der Waals surface area contributed by atoms with E-state index in [2.05, 4.69) is 20.2 Å². The second-order valence-corrected chi connectivity index (χ2v) is 11.1. The quantitative estimate of drug-likeness (QED) is 0.291. The molecule has 1 aliphatic heterocycles. The van der Waals surface area contributed by atoms with Gasteiger partial charge in [0.1, 0.15) is 11.6 Å². The van der Waals surface area contributed by atoms with Gasteiger partial charge in [0, 0.05) is 18.0 Å². The van der Waals surface area contributed by atoms with Crippen LogP contribution in [-0.4, -0.2) is 41.5 Å². The normalized spacial score (nSPS) is 19.0. The molecule has 6 rings (SSSR count). The molecule has 0 saturated carbocycles. The SMILES string of the molecule is CCCc1c(Cc2ccc(-c3ccccc3)c(-c3noc(=O)[nH]3)c2F)c(=O)n(C2CC(C)OC(C)C2)c2nc(C)nn12. The highest BCUT2D eigenvalue weighted by Gasteiger charge is 2.31. The van der Waals surface area contributed by atoms with Crippen molar-refractivity contribution in [1.29, 1.82) is 0 Å². The van der Waals surface area contributed by atoms with Crippen LogP contribution in [0.15, 0.2) is 56.6 Å². The molecule has 0 bridgehead atoms. The predicted octanol–water partition coefficient (Wildman–Crippen LogP) is 5.02. The van der Waals surface area contributed by atoms with Gasteiger partial charge < -0.3 is 4.74 Å². The average molecular weight is 573 g/mol. The van der Waals surface area contributed by atoms with E-state index in [0.29, 0.717) is 53.2 Å². The fourth-order valence-corrected chi connectivity index (χ4v) is 6.18. The molecular weight excluding hydrogens is 539 g/mol. The minimum Gasteiger partial charge on any atom is -0.375 e. The van der Waals surface area contributed by atoms with Crippen LogP contribution < -0.4 is 11.3 Å². The monoisotopic (exact) mass is 572 g/mol. The zero-order valence-electron chi connectivity index (χ0n) is 24.1. The van der Waals surface area contributed by atoms with Gasteiger partial charge in [-0.2, -0.15) is 10.1 Å². The van der Waals surface area contributed by atoms with Gasteiger partial charge >= 0.3 is 5.76 Å². The van der Waals surface area contributed by atoms with Crippen LogP contribution in [-0.2, 0) is 17.6 Å². The molecule has 1 fully saturated rings. The third kappa shape index (κ3) is 4.98. The summed E-state index contributed by atoms with van der Waals surface area (Å²) in [6, 6.07) is 12.6. The Kier molecular flexibility index (Phi) is 7.36. The molecular formula is C31H33FN6O4. The van der Waals surface area contributed by atoms with Crippen LogP contribution in [0.2, 0.25) is 0 Å². The van der Waals surface area contributed by atoms with Gasteiger partial charge in [-0.15, -0.1) is 0 Å². The van der Waals surface area contributed by atoms with Crippen molar-refractivity contribution in [3.8, 4) is 22.5 Å². The molecule has 1 saturated heterocycles. The Balaban J connectivity index is 1.56. The minimum absolute atomic E-state index is 0.0167. The van der Waals surface area contributed by atoms with Gasteiger partial charge in [0.15, 0.2) is 5.82 Å². The number of benzene rings is 2. The molecule has 0 aliphatic carbocycles. The topological polar surface area (TPSA) is 120 Å². The van der Waals surface area contributed by atoms with Crippen LogP contribution in [0.4, 0.5) is 4.39 Å². The molecule has 1 N–H and O–H groups in total. The Morgan fingerprint density at radius 1 is 1.07 bits per heavy atom. The third-order valence-electron chi connectivity index (χ3n) is 7.87. The highest BCUT2D eigenvalue weighted by Crippen LogP contribution is 2.35. The maximum absolute atomic E-state index is 16.6. The van der Waals surface area contributed by atoms with E-state index in [1.165, 1.54) is 0 Å². The number of H-pyrrole nitrogens is 1. The maximum atomic E-state index is 16.6. The fourth-order valence-electron chi connectivity index (χ4n) is 6.18. The van der Waals surface area contributed by atoms with Gasteiger partial charge in [0.25, 0.3) is 5.56 Å². The summed E-state index contributed by atoms with van der Waals surface area (Å²) >= 11 is 0. The van der Waals surface area contributed by atoms with Gasteiger partial charge in [-0.1, -0.05) is 61.0 Å². The molecule has 2 atom stereocenters. The zero-order valence-corrected chi connectivity index (χ0v) is 24.1. The first-order valence-corrected chi connectivity index (χ1v) is 14.3. The summed E-state index contributed by atoms with van der Waals surface area (Å²) in [7, 11) is 0. The molecule has 0 amide bonds. The van der Waals surface area contributed by atoms with Crippen molar-refractivity contribution >= 4 is 5.78 Å². The first-order valence-electron chi connectivity index (χ1n) is 14.3. The molecule has 11 heteroatoms. The lowest BCUT2D eigenvalue weighted by molar-refractivity contribution is -0.0488. The number of halogens is 1.